The molecule has 7 heteroatoms. The van der Waals surface area contributed by atoms with Crippen LogP contribution in [0.15, 0.2) is 0 Å². The third-order valence-corrected chi connectivity index (χ3v) is 7.29. The number of thiol groups is 1. The van der Waals surface area contributed by atoms with Crippen molar-refractivity contribution < 1.29 is 13.3 Å². The van der Waals surface area contributed by atoms with Crippen molar-refractivity contribution >= 4 is 41.1 Å². The summed E-state index contributed by atoms with van der Waals surface area (Å²) in [5.41, 5.74) is 0. The second-order valence-corrected chi connectivity index (χ2v) is 8.65. The van der Waals surface area contributed by atoms with Crippen LogP contribution in [0.5, 0.6) is 0 Å². The largest absolute Gasteiger partial charge is 0.501 e. The summed E-state index contributed by atoms with van der Waals surface area (Å²) in [5.74, 6) is 0.945. The Kier molecular flexibility index (Phi) is 11.1. The zero-order valence-corrected chi connectivity index (χ0v) is 13.1. The van der Waals surface area contributed by atoms with Crippen molar-refractivity contribution in [3.63, 3.8) is 0 Å². The minimum Gasteiger partial charge on any atom is -0.374 e. The van der Waals surface area contributed by atoms with Crippen LogP contribution >= 0.6 is 32.3 Å². The topological polar surface area (TPSA) is 27.7 Å². The third-order valence-electron chi connectivity index (χ3n) is 1.64. The fraction of sp³-hybridized carbons (Fsp3) is 1.00. The van der Waals surface area contributed by atoms with Crippen molar-refractivity contribution in [2.45, 2.75) is 26.8 Å². The molecule has 0 N–H and O–H groups in total. The molecule has 0 unspecified atom stereocenters. The van der Waals surface area contributed by atoms with Gasteiger partial charge in [0.1, 0.15) is 0 Å². The lowest BCUT2D eigenvalue weighted by atomic mass is 10.9. The lowest BCUT2D eigenvalue weighted by Crippen LogP contribution is -2.46. The molecule has 15 heavy (non-hydrogen) atoms. The highest BCUT2D eigenvalue weighted by molar-refractivity contribution is 9.05. The average Bonchev–Trinajstić information content (AvgIpc) is 2.19. The normalized spacial score (nSPS) is 12.0. The first-order valence-electron chi connectivity index (χ1n) is 5.09. The van der Waals surface area contributed by atoms with Crippen molar-refractivity contribution in [3.8, 4) is 0 Å². The Morgan fingerprint density at radius 2 is 1.47 bits per heavy atom. The van der Waals surface area contributed by atoms with E-state index in [1.54, 1.807) is 10.8 Å². The SMILES string of the molecule is CCO[Si](CCSSS)(OCC)OCC. The summed E-state index contributed by atoms with van der Waals surface area (Å²) in [6, 6.07) is 0.848. The minimum atomic E-state index is -2.40. The van der Waals surface area contributed by atoms with Gasteiger partial charge >= 0.3 is 8.80 Å². The van der Waals surface area contributed by atoms with Crippen LogP contribution in [0, 0.1) is 0 Å². The van der Waals surface area contributed by atoms with Gasteiger partial charge in [-0.1, -0.05) is 22.5 Å². The highest BCUT2D eigenvalue weighted by Crippen LogP contribution is 2.28. The van der Waals surface area contributed by atoms with Crippen molar-refractivity contribution in [1.29, 1.82) is 0 Å². The van der Waals surface area contributed by atoms with Gasteiger partial charge in [0.15, 0.2) is 0 Å². The van der Waals surface area contributed by atoms with Gasteiger partial charge in [0.05, 0.1) is 0 Å². The van der Waals surface area contributed by atoms with E-state index in [0.717, 1.165) is 11.8 Å². The van der Waals surface area contributed by atoms with Crippen LogP contribution in [0.2, 0.25) is 6.04 Å². The smallest absolute Gasteiger partial charge is 0.374 e. The van der Waals surface area contributed by atoms with E-state index in [9.17, 15) is 0 Å². The van der Waals surface area contributed by atoms with E-state index in [-0.39, 0.29) is 0 Å². The molecule has 0 bridgehead atoms. The molecule has 0 aromatic heterocycles. The molecule has 0 saturated heterocycles. The molecule has 0 aromatic carbocycles. The van der Waals surface area contributed by atoms with Crippen LogP contribution in [0.3, 0.4) is 0 Å². The summed E-state index contributed by atoms with van der Waals surface area (Å²) in [6.45, 7) is 7.85. The molecule has 0 aliphatic rings. The monoisotopic (exact) mass is 288 g/mol. The van der Waals surface area contributed by atoms with E-state index < -0.39 is 8.80 Å². The lowest BCUT2D eigenvalue weighted by molar-refractivity contribution is 0.0729. The fourth-order valence-corrected chi connectivity index (χ4v) is 6.26. The van der Waals surface area contributed by atoms with E-state index >= 15 is 0 Å². The first-order chi connectivity index (χ1) is 7.24. The summed E-state index contributed by atoms with van der Waals surface area (Å²) < 4.78 is 17.1. The summed E-state index contributed by atoms with van der Waals surface area (Å²) >= 11 is 4.08. The van der Waals surface area contributed by atoms with Gasteiger partial charge in [0.2, 0.25) is 0 Å². The van der Waals surface area contributed by atoms with Crippen molar-refractivity contribution in [1.82, 2.24) is 0 Å². The number of hydrogen-bond acceptors (Lipinski definition) is 6. The Hall–Kier alpha value is 1.15. The summed E-state index contributed by atoms with van der Waals surface area (Å²) in [4.78, 5) is 0. The second kappa shape index (κ2) is 10.3. The van der Waals surface area contributed by atoms with Crippen LogP contribution in [0.1, 0.15) is 20.8 Å². The van der Waals surface area contributed by atoms with Crippen LogP contribution in [-0.4, -0.2) is 34.4 Å². The van der Waals surface area contributed by atoms with Gasteiger partial charge < -0.3 is 13.3 Å². The number of hydrogen-bond donors (Lipinski definition) is 1. The second-order valence-electron chi connectivity index (χ2n) is 2.63. The van der Waals surface area contributed by atoms with Crippen LogP contribution < -0.4 is 0 Å². The van der Waals surface area contributed by atoms with Gasteiger partial charge in [0, 0.05) is 31.6 Å². The Morgan fingerprint density at radius 3 is 1.80 bits per heavy atom. The van der Waals surface area contributed by atoms with E-state index in [4.69, 9.17) is 13.3 Å². The highest BCUT2D eigenvalue weighted by atomic mass is 33.5. The molecule has 0 aliphatic heterocycles. The molecule has 0 saturated carbocycles. The van der Waals surface area contributed by atoms with Gasteiger partial charge in [0.25, 0.3) is 0 Å². The average molecular weight is 289 g/mol. The molecule has 0 radical (unpaired) electrons. The molecule has 92 valence electrons. The molecular formula is C8H20O3S3Si. The predicted molar refractivity (Wildman–Crippen MR) is 74.5 cm³/mol. The zero-order valence-electron chi connectivity index (χ0n) is 9.52. The Labute approximate surface area is 107 Å². The molecule has 0 amide bonds. The Morgan fingerprint density at radius 1 is 1.00 bits per heavy atom. The highest BCUT2D eigenvalue weighted by Gasteiger charge is 2.39. The van der Waals surface area contributed by atoms with Crippen molar-refractivity contribution in [2.75, 3.05) is 25.6 Å². The van der Waals surface area contributed by atoms with E-state index in [1.165, 1.54) is 9.83 Å². The van der Waals surface area contributed by atoms with Gasteiger partial charge in [-0.15, -0.1) is 0 Å². The summed E-state index contributed by atoms with van der Waals surface area (Å²) in [7, 11) is 0.751. The standard InChI is InChI=1S/C8H20O3S3Si/c1-4-9-15(10-5-2,11-6-3)8-7-13-14-12/h12H,4-8H2,1-3H3. The first-order valence-corrected chi connectivity index (χ1v) is 10.4. The van der Waals surface area contributed by atoms with Gasteiger partial charge in [-0.3, -0.25) is 0 Å². The maximum absolute atomic E-state index is 5.70. The Balaban J connectivity index is 4.18. The van der Waals surface area contributed by atoms with Crippen molar-refractivity contribution in [3.05, 3.63) is 0 Å². The molecule has 0 rings (SSSR count). The van der Waals surface area contributed by atoms with Crippen LogP contribution in [-0.2, 0) is 13.3 Å². The minimum absolute atomic E-state index is 0.644. The summed E-state index contributed by atoms with van der Waals surface area (Å²) in [5, 5.41) is 0. The molecule has 0 atom stereocenters. The van der Waals surface area contributed by atoms with E-state index in [1.807, 2.05) is 20.8 Å². The maximum Gasteiger partial charge on any atom is 0.501 e. The predicted octanol–water partition coefficient (Wildman–Crippen LogP) is 3.26. The molecule has 0 aromatic rings. The molecule has 0 aliphatic carbocycles. The van der Waals surface area contributed by atoms with Crippen molar-refractivity contribution in [2.24, 2.45) is 0 Å². The molecule has 0 fully saturated rings. The lowest BCUT2D eigenvalue weighted by Gasteiger charge is -2.28. The summed E-state index contributed by atoms with van der Waals surface area (Å²) in [6.07, 6.45) is 0. The molecule has 0 heterocycles. The van der Waals surface area contributed by atoms with Crippen LogP contribution in [0.4, 0.5) is 0 Å². The molecular weight excluding hydrogens is 268 g/mol. The quantitative estimate of drug-likeness (QED) is 0.288. The van der Waals surface area contributed by atoms with Gasteiger partial charge in [-0.05, 0) is 30.6 Å². The Bertz CT molecular complexity index is 134. The fourth-order valence-electron chi connectivity index (χ4n) is 1.21. The maximum atomic E-state index is 5.70. The number of rotatable bonds is 10. The van der Waals surface area contributed by atoms with E-state index in [0.29, 0.717) is 19.8 Å². The van der Waals surface area contributed by atoms with Gasteiger partial charge in [-0.2, -0.15) is 0 Å². The van der Waals surface area contributed by atoms with Gasteiger partial charge in [-0.25, -0.2) is 0 Å². The molecule has 3 nitrogen and oxygen atoms in total. The zero-order chi connectivity index (χ0) is 11.6. The first kappa shape index (κ1) is 16.1. The molecule has 0 spiro atoms. The van der Waals surface area contributed by atoms with Crippen LogP contribution in [0.25, 0.3) is 0 Å². The van der Waals surface area contributed by atoms with E-state index in [2.05, 4.69) is 11.7 Å². The third kappa shape index (κ3) is 7.14.